The van der Waals surface area contributed by atoms with Crippen molar-refractivity contribution in [2.45, 2.75) is 24.7 Å². The lowest BCUT2D eigenvalue weighted by Gasteiger charge is -2.37. The number of rotatable bonds is 3. The minimum Gasteiger partial charge on any atom is -0.378 e. The Balaban J connectivity index is 0.000000932. The molecule has 1 saturated carbocycles. The third-order valence-corrected chi connectivity index (χ3v) is 5.51. The Bertz CT molecular complexity index is 977. The minimum atomic E-state index is -0.427. The van der Waals surface area contributed by atoms with Crippen molar-refractivity contribution in [2.24, 2.45) is 5.73 Å². The number of aromatic amines is 1. The lowest BCUT2D eigenvalue weighted by molar-refractivity contribution is 0.122. The molecule has 0 aromatic carbocycles. The van der Waals surface area contributed by atoms with Crippen LogP contribution in [0.1, 0.15) is 24.8 Å². The maximum Gasteiger partial charge on any atom is 0.167 e. The summed E-state index contributed by atoms with van der Waals surface area (Å²) in [7, 11) is 1.50. The Hall–Kier alpha value is -2.96. The Morgan fingerprint density at radius 2 is 2.07 bits per heavy atom. The minimum absolute atomic E-state index is 0.427. The van der Waals surface area contributed by atoms with Crippen LogP contribution < -0.4 is 10.6 Å². The zero-order valence-electron chi connectivity index (χ0n) is 15.9. The predicted octanol–water partition coefficient (Wildman–Crippen LogP) is 1.50. The monoisotopic (exact) mass is 380 g/mol. The second-order valence-corrected chi connectivity index (χ2v) is 6.91. The first-order valence-electron chi connectivity index (χ1n) is 9.51. The van der Waals surface area contributed by atoms with Crippen LogP contribution in [0.25, 0.3) is 16.9 Å². The van der Waals surface area contributed by atoms with Crippen molar-refractivity contribution in [3.8, 4) is 11.9 Å². The number of hydrogen-bond donors (Lipinski definition) is 2. The van der Waals surface area contributed by atoms with Gasteiger partial charge in [-0.2, -0.15) is 20.1 Å². The zero-order chi connectivity index (χ0) is 19.6. The number of H-pyrrole nitrogens is 1. The van der Waals surface area contributed by atoms with Gasteiger partial charge in [-0.1, -0.05) is 0 Å². The highest BCUT2D eigenvalue weighted by Gasteiger charge is 2.41. The average molecular weight is 380 g/mol. The molecule has 0 unspecified atom stereocenters. The highest BCUT2D eigenvalue weighted by Crippen LogP contribution is 2.46. The maximum absolute atomic E-state index is 9.89. The van der Waals surface area contributed by atoms with Crippen molar-refractivity contribution in [3.63, 3.8) is 0 Å². The van der Waals surface area contributed by atoms with E-state index in [1.807, 2.05) is 12.3 Å². The average Bonchev–Trinajstić information content (AvgIpc) is 3.39. The fourth-order valence-electron chi connectivity index (χ4n) is 3.85. The molecule has 0 amide bonds. The topological polar surface area (TPSA) is 122 Å². The first-order chi connectivity index (χ1) is 13.8. The molecule has 1 aliphatic heterocycles. The van der Waals surface area contributed by atoms with E-state index >= 15 is 0 Å². The molecule has 3 aromatic heterocycles. The smallest absolute Gasteiger partial charge is 0.167 e. The Morgan fingerprint density at radius 1 is 1.29 bits per heavy atom. The summed E-state index contributed by atoms with van der Waals surface area (Å²) in [6, 6.07) is 6.52. The van der Waals surface area contributed by atoms with E-state index in [4.69, 9.17) is 9.72 Å². The van der Waals surface area contributed by atoms with Crippen molar-refractivity contribution in [3.05, 3.63) is 30.1 Å². The van der Waals surface area contributed by atoms with E-state index in [0.717, 1.165) is 60.6 Å². The number of fused-ring (bicyclic) bond motifs is 1. The van der Waals surface area contributed by atoms with Crippen LogP contribution in [0.2, 0.25) is 0 Å². The maximum atomic E-state index is 9.89. The number of pyridine rings is 1. The summed E-state index contributed by atoms with van der Waals surface area (Å²) in [5, 5.41) is 22.3. The summed E-state index contributed by atoms with van der Waals surface area (Å²) in [6.45, 7) is 2.99. The van der Waals surface area contributed by atoms with Crippen molar-refractivity contribution >= 4 is 16.9 Å². The van der Waals surface area contributed by atoms with Gasteiger partial charge in [0.1, 0.15) is 5.82 Å². The van der Waals surface area contributed by atoms with Crippen LogP contribution in [-0.4, -0.2) is 58.3 Å². The van der Waals surface area contributed by atoms with E-state index in [-0.39, 0.29) is 0 Å². The van der Waals surface area contributed by atoms with Crippen molar-refractivity contribution < 1.29 is 4.74 Å². The second kappa shape index (κ2) is 7.58. The molecule has 2 fully saturated rings. The number of nitrogens with one attached hydrogen (secondary N) is 1. The second-order valence-electron chi connectivity index (χ2n) is 6.91. The quantitative estimate of drug-likeness (QED) is 0.706. The van der Waals surface area contributed by atoms with Gasteiger partial charge in [0.25, 0.3) is 0 Å². The molecule has 3 aromatic rings. The summed E-state index contributed by atoms with van der Waals surface area (Å²) in [5.41, 5.74) is 5.88. The molecule has 2 aliphatic rings. The van der Waals surface area contributed by atoms with Gasteiger partial charge >= 0.3 is 0 Å². The molecule has 5 rings (SSSR count). The van der Waals surface area contributed by atoms with E-state index in [1.165, 1.54) is 7.05 Å². The lowest BCUT2D eigenvalue weighted by Crippen LogP contribution is -2.38. The van der Waals surface area contributed by atoms with E-state index in [1.54, 1.807) is 10.9 Å². The van der Waals surface area contributed by atoms with Gasteiger partial charge in [-0.3, -0.25) is 5.10 Å². The Kier molecular flexibility index (Phi) is 4.98. The zero-order valence-corrected chi connectivity index (χ0v) is 15.9. The van der Waals surface area contributed by atoms with Gasteiger partial charge in [-0.05, 0) is 37.9 Å². The lowest BCUT2D eigenvalue weighted by atomic mass is 9.65. The van der Waals surface area contributed by atoms with Gasteiger partial charge in [0.2, 0.25) is 0 Å². The van der Waals surface area contributed by atoms with Crippen LogP contribution in [0.3, 0.4) is 0 Å². The van der Waals surface area contributed by atoms with Gasteiger partial charge < -0.3 is 15.4 Å². The molecular weight excluding hydrogens is 356 g/mol. The van der Waals surface area contributed by atoms with Crippen LogP contribution in [0.4, 0.5) is 5.82 Å². The number of nitriles is 1. The number of nitrogens with zero attached hydrogens (tertiary/aromatic N) is 6. The molecule has 0 bridgehead atoms. The van der Waals surface area contributed by atoms with Crippen LogP contribution in [0.5, 0.6) is 0 Å². The van der Waals surface area contributed by atoms with E-state index in [0.29, 0.717) is 13.2 Å². The summed E-state index contributed by atoms with van der Waals surface area (Å²) in [6.07, 6.45) is 6.37. The van der Waals surface area contributed by atoms with Crippen LogP contribution in [0.15, 0.2) is 24.5 Å². The van der Waals surface area contributed by atoms with E-state index in [2.05, 4.69) is 38.1 Å². The number of hydrogen-bond acceptors (Lipinski definition) is 7. The van der Waals surface area contributed by atoms with Crippen LogP contribution in [0, 0.1) is 11.3 Å². The molecule has 0 atom stereocenters. The van der Waals surface area contributed by atoms with Gasteiger partial charge in [-0.15, -0.1) is 0 Å². The fourth-order valence-corrected chi connectivity index (χ4v) is 3.85. The van der Waals surface area contributed by atoms with Gasteiger partial charge in [0.05, 0.1) is 37.1 Å². The van der Waals surface area contributed by atoms with E-state index < -0.39 is 5.41 Å². The molecule has 1 saturated heterocycles. The molecule has 0 spiro atoms. The van der Waals surface area contributed by atoms with Crippen molar-refractivity contribution in [1.29, 1.82) is 5.26 Å². The number of nitrogens with two attached hydrogens (primary N) is 1. The summed E-state index contributed by atoms with van der Waals surface area (Å²) in [4.78, 5) is 7.12. The molecule has 3 N–H and O–H groups in total. The Labute approximate surface area is 163 Å². The molecule has 9 nitrogen and oxygen atoms in total. The fraction of sp³-hybridized carbons (Fsp3) is 0.474. The standard InChI is InChI=1S/C18H19N7O.CH5N/c19-12-18(3-1-4-18)14-10-16(24-6-8-26-9-7-24)22-17-13(14)11-21-25(17)15-2-5-20-23-15;1-2/h2,5,10-11H,1,3-4,6-9H2,(H,20,23);2H2,1H3. The number of ether oxygens (including phenoxy) is 1. The molecule has 4 heterocycles. The van der Waals surface area contributed by atoms with Crippen LogP contribution in [-0.2, 0) is 10.2 Å². The Morgan fingerprint density at radius 3 is 2.68 bits per heavy atom. The van der Waals surface area contributed by atoms with Gasteiger partial charge in [0, 0.05) is 24.5 Å². The molecule has 1 aliphatic carbocycles. The largest absolute Gasteiger partial charge is 0.378 e. The molecule has 28 heavy (non-hydrogen) atoms. The van der Waals surface area contributed by atoms with Gasteiger partial charge in [-0.25, -0.2) is 4.98 Å². The first-order valence-corrected chi connectivity index (χ1v) is 9.51. The van der Waals surface area contributed by atoms with Gasteiger partial charge in [0.15, 0.2) is 11.5 Å². The summed E-state index contributed by atoms with van der Waals surface area (Å²) < 4.78 is 7.24. The third-order valence-electron chi connectivity index (χ3n) is 5.51. The van der Waals surface area contributed by atoms with Crippen molar-refractivity contribution in [1.82, 2.24) is 25.0 Å². The molecule has 146 valence electrons. The highest BCUT2D eigenvalue weighted by atomic mass is 16.5. The summed E-state index contributed by atoms with van der Waals surface area (Å²) in [5.74, 6) is 1.65. The molecular formula is C19H24N8O. The predicted molar refractivity (Wildman–Crippen MR) is 105 cm³/mol. The third kappa shape index (κ3) is 2.91. The number of morpholine rings is 1. The van der Waals surface area contributed by atoms with Crippen molar-refractivity contribution in [2.75, 3.05) is 38.3 Å². The van der Waals surface area contributed by atoms with E-state index in [9.17, 15) is 5.26 Å². The normalized spacial score (nSPS) is 18.1. The number of anilines is 1. The first kappa shape index (κ1) is 18.4. The highest BCUT2D eigenvalue weighted by molar-refractivity contribution is 5.84. The molecule has 0 radical (unpaired) electrons. The molecule has 9 heteroatoms. The summed E-state index contributed by atoms with van der Waals surface area (Å²) >= 11 is 0. The van der Waals surface area contributed by atoms with Crippen LogP contribution >= 0.6 is 0 Å². The number of aromatic nitrogens is 5. The SMILES string of the molecule is CN.N#CC1(c2cc(N3CCOCC3)nc3c2cnn3-c2ccn[nH]2)CCC1.